The molecule has 0 aliphatic rings. The van der Waals surface area contributed by atoms with Crippen LogP contribution < -0.4 is 0 Å². The van der Waals surface area contributed by atoms with E-state index in [1.54, 1.807) is 0 Å². The Bertz CT molecular complexity index is 403. The van der Waals surface area contributed by atoms with Gasteiger partial charge >= 0.3 is 0 Å². The minimum atomic E-state index is -0.973. The predicted octanol–water partition coefficient (Wildman–Crippen LogP) is 5.52. The van der Waals surface area contributed by atoms with Crippen LogP contribution in [0.25, 0.3) is 0 Å². The smallest absolute Gasteiger partial charge is 0.189 e. The highest BCUT2D eigenvalue weighted by Gasteiger charge is 2.35. The van der Waals surface area contributed by atoms with Gasteiger partial charge in [-0.05, 0) is 62.3 Å². The third-order valence-corrected chi connectivity index (χ3v) is 8.13. The van der Waals surface area contributed by atoms with E-state index in [0.29, 0.717) is 56.2 Å². The van der Waals surface area contributed by atoms with E-state index < -0.39 is 14.7 Å². The molecule has 0 aromatic rings. The number of carbonyl (C=O) groups is 1. The molecule has 0 aromatic carbocycles. The summed E-state index contributed by atoms with van der Waals surface area (Å²) >= 11 is 1.31. The molecule has 0 spiro atoms. The van der Waals surface area contributed by atoms with Crippen LogP contribution in [0.1, 0.15) is 75.7 Å². The Balaban J connectivity index is 5.19. The monoisotopic (exact) mass is 452 g/mol. The average Bonchev–Trinajstić information content (AvgIpc) is 2.61. The summed E-state index contributed by atoms with van der Waals surface area (Å²) < 4.78 is 23.1. The molecule has 0 heterocycles. The molecule has 29 heavy (non-hydrogen) atoms. The second kappa shape index (κ2) is 16.0. The van der Waals surface area contributed by atoms with Crippen molar-refractivity contribution in [3.63, 3.8) is 0 Å². The van der Waals surface area contributed by atoms with Crippen molar-refractivity contribution in [1.29, 1.82) is 0 Å². The van der Waals surface area contributed by atoms with Gasteiger partial charge in [-0.3, -0.25) is 4.79 Å². The second-order valence-corrected chi connectivity index (χ2v) is 10.9. The van der Waals surface area contributed by atoms with E-state index in [9.17, 15) is 4.79 Å². The minimum Gasteiger partial charge on any atom is -0.351 e. The van der Waals surface area contributed by atoms with Crippen molar-refractivity contribution >= 4 is 25.3 Å². The van der Waals surface area contributed by atoms with Crippen LogP contribution in [0.5, 0.6) is 0 Å². The summed E-state index contributed by atoms with van der Waals surface area (Å²) in [7, 11) is -0.973. The van der Waals surface area contributed by atoms with Gasteiger partial charge in [0.05, 0.1) is 6.61 Å². The van der Waals surface area contributed by atoms with Crippen molar-refractivity contribution in [1.82, 2.24) is 9.34 Å². The predicted molar refractivity (Wildman–Crippen MR) is 126 cm³/mol. The third kappa shape index (κ3) is 11.4. The molecule has 0 amide bonds. The molecular weight excluding hydrogens is 407 g/mol. The molecule has 1 atom stereocenters. The first-order chi connectivity index (χ1) is 13.6. The summed E-state index contributed by atoms with van der Waals surface area (Å²) in [5.74, 6) is 0.638. The summed E-state index contributed by atoms with van der Waals surface area (Å²) in [5.41, 5.74) is 0. The Labute approximate surface area is 185 Å². The maximum absolute atomic E-state index is 11.4. The highest BCUT2D eigenvalue weighted by molar-refractivity contribution is 8.13. The van der Waals surface area contributed by atoms with E-state index in [4.69, 9.17) is 14.0 Å². The lowest BCUT2D eigenvalue weighted by Gasteiger charge is -2.45. The van der Waals surface area contributed by atoms with Crippen molar-refractivity contribution in [3.8, 4) is 0 Å². The van der Waals surface area contributed by atoms with Crippen LogP contribution in [-0.2, 0) is 18.8 Å². The number of nitrogens with zero attached hydrogens (tertiary/aromatic N) is 2. The molecule has 0 radical (unpaired) electrons. The van der Waals surface area contributed by atoms with Gasteiger partial charge in [0.25, 0.3) is 0 Å². The van der Waals surface area contributed by atoms with Crippen LogP contribution in [0, 0.1) is 0 Å². The number of hydrogen-bond donors (Lipinski definition) is 0. The van der Waals surface area contributed by atoms with Gasteiger partial charge in [0.15, 0.2) is 19.9 Å². The van der Waals surface area contributed by atoms with Gasteiger partial charge in [0, 0.05) is 42.9 Å². The number of ether oxygens (including phenoxy) is 2. The first kappa shape index (κ1) is 29.2. The summed E-state index contributed by atoms with van der Waals surface area (Å²) in [6, 6.07) is 1.46. The molecule has 0 bridgehead atoms. The van der Waals surface area contributed by atoms with Crippen molar-refractivity contribution in [2.75, 3.05) is 25.6 Å². The molecule has 6 nitrogen and oxygen atoms in total. The van der Waals surface area contributed by atoms with E-state index in [1.807, 2.05) is 13.8 Å². The van der Waals surface area contributed by atoms with Crippen molar-refractivity contribution in [2.24, 2.45) is 0 Å². The van der Waals surface area contributed by atoms with Crippen molar-refractivity contribution in [2.45, 2.75) is 106 Å². The molecule has 0 rings (SSSR count). The van der Waals surface area contributed by atoms with Gasteiger partial charge in [-0.1, -0.05) is 18.7 Å². The van der Waals surface area contributed by atoms with Crippen LogP contribution >= 0.6 is 20.2 Å². The molecule has 0 aliphatic carbocycles. The van der Waals surface area contributed by atoms with E-state index in [0.717, 1.165) is 0 Å². The number of rotatable bonds is 16. The number of thioether (sulfide) groups is 1. The summed E-state index contributed by atoms with van der Waals surface area (Å²) in [4.78, 5) is 11.4. The van der Waals surface area contributed by atoms with Gasteiger partial charge in [0.2, 0.25) is 0 Å². The SMILES string of the molecule is CCOC(COP(N(C(C)C)C(C)C)N(C(C)C)C(C)C)OCCSC(=O)CC. The Kier molecular flexibility index (Phi) is 16.1. The van der Waals surface area contributed by atoms with E-state index in [-0.39, 0.29) is 5.12 Å². The highest BCUT2D eigenvalue weighted by Crippen LogP contribution is 2.50. The molecule has 0 saturated heterocycles. The lowest BCUT2D eigenvalue weighted by molar-refractivity contribution is -0.152. The normalized spacial score (nSPS) is 13.8. The maximum atomic E-state index is 11.4. The molecule has 0 saturated carbocycles. The topological polar surface area (TPSA) is 51.2 Å². The molecule has 0 aliphatic heterocycles. The van der Waals surface area contributed by atoms with Gasteiger partial charge in [-0.15, -0.1) is 0 Å². The Morgan fingerprint density at radius 1 is 0.862 bits per heavy atom. The highest BCUT2D eigenvalue weighted by atomic mass is 32.2. The number of carbonyl (C=O) groups excluding carboxylic acids is 1. The van der Waals surface area contributed by atoms with Crippen LogP contribution in [0.15, 0.2) is 0 Å². The van der Waals surface area contributed by atoms with E-state index >= 15 is 0 Å². The minimum absolute atomic E-state index is 0.190. The molecule has 174 valence electrons. The number of hydrogen-bond acceptors (Lipinski definition) is 7. The van der Waals surface area contributed by atoms with Crippen molar-refractivity contribution in [3.05, 3.63) is 0 Å². The summed E-state index contributed by atoms with van der Waals surface area (Å²) in [6.07, 6.45) is 0.123. The Hall–Kier alpha value is 0.250. The van der Waals surface area contributed by atoms with Crippen LogP contribution in [0.3, 0.4) is 0 Å². The van der Waals surface area contributed by atoms with Crippen LogP contribution in [0.2, 0.25) is 0 Å². The second-order valence-electron chi connectivity index (χ2n) is 8.01. The fourth-order valence-corrected chi connectivity index (χ4v) is 6.08. The summed E-state index contributed by atoms with van der Waals surface area (Å²) in [6.45, 7) is 23.0. The van der Waals surface area contributed by atoms with Crippen LogP contribution in [-0.4, -0.2) is 70.5 Å². The zero-order valence-electron chi connectivity index (χ0n) is 20.3. The van der Waals surface area contributed by atoms with Gasteiger partial charge in [-0.25, -0.2) is 9.34 Å². The molecular formula is C21H45N2O4PS. The largest absolute Gasteiger partial charge is 0.351 e. The van der Waals surface area contributed by atoms with Gasteiger partial charge in [0.1, 0.15) is 6.61 Å². The Morgan fingerprint density at radius 2 is 1.34 bits per heavy atom. The first-order valence-corrected chi connectivity index (χ1v) is 13.1. The standard InChI is InChI=1S/C21H45N2O4PS/c1-11-20(24)29-14-13-26-21(25-12-2)15-27-28(22(16(3)4)17(5)6)23(18(7)8)19(9)10/h16-19,21H,11-15H2,1-10H3. The molecule has 0 N–H and O–H groups in total. The molecule has 1 unspecified atom stereocenters. The maximum Gasteiger partial charge on any atom is 0.189 e. The zero-order valence-corrected chi connectivity index (χ0v) is 22.0. The van der Waals surface area contributed by atoms with Crippen LogP contribution in [0.4, 0.5) is 0 Å². The van der Waals surface area contributed by atoms with E-state index in [1.165, 1.54) is 11.8 Å². The van der Waals surface area contributed by atoms with Gasteiger partial charge < -0.3 is 14.0 Å². The van der Waals surface area contributed by atoms with Crippen molar-refractivity contribution < 1.29 is 18.8 Å². The van der Waals surface area contributed by atoms with Gasteiger partial charge in [-0.2, -0.15) is 0 Å². The lowest BCUT2D eigenvalue weighted by atomic mass is 10.3. The molecule has 0 fully saturated rings. The quantitative estimate of drug-likeness (QED) is 0.174. The fourth-order valence-electron chi connectivity index (χ4n) is 3.13. The lowest BCUT2D eigenvalue weighted by Crippen LogP contribution is -2.44. The molecule has 8 heteroatoms. The third-order valence-electron chi connectivity index (χ3n) is 4.13. The summed E-state index contributed by atoms with van der Waals surface area (Å²) in [5, 5.41) is 0.190. The zero-order chi connectivity index (χ0) is 22.6. The fraction of sp³-hybridized carbons (Fsp3) is 0.952. The van der Waals surface area contributed by atoms with E-state index in [2.05, 4.69) is 64.7 Å². The molecule has 0 aromatic heterocycles. The Morgan fingerprint density at radius 3 is 1.72 bits per heavy atom. The average molecular weight is 453 g/mol. The first-order valence-electron chi connectivity index (χ1n) is 10.9.